The van der Waals surface area contributed by atoms with Crippen LogP contribution in [0.15, 0.2) is 59.5 Å². The van der Waals surface area contributed by atoms with Crippen LogP contribution in [0.1, 0.15) is 47.4 Å². The number of rotatable bonds is 5. The number of aliphatic hydroxyl groups excluding tert-OH is 1. The maximum Gasteiger partial charge on any atom is 0.301 e. The van der Waals surface area contributed by atoms with Crippen molar-refractivity contribution in [3.63, 3.8) is 0 Å². The molecule has 1 aliphatic rings. The second-order valence-corrected chi connectivity index (χ2v) is 10.8. The number of thiazole rings is 1. The van der Waals surface area contributed by atoms with E-state index in [9.17, 15) is 14.7 Å². The average Bonchev–Trinajstić information content (AvgIpc) is 3.56. The maximum absolute atomic E-state index is 13.4. The van der Waals surface area contributed by atoms with Crippen molar-refractivity contribution in [1.82, 2.24) is 4.98 Å². The molecule has 0 aliphatic carbocycles. The number of amides is 1. The monoisotopic (exact) mass is 504 g/mol. The molecule has 4 aromatic rings. The van der Waals surface area contributed by atoms with E-state index >= 15 is 0 Å². The van der Waals surface area contributed by atoms with Gasteiger partial charge in [0.05, 0.1) is 28.5 Å². The van der Waals surface area contributed by atoms with Crippen molar-refractivity contribution in [1.29, 1.82) is 0 Å². The Morgan fingerprint density at radius 3 is 2.63 bits per heavy atom. The summed E-state index contributed by atoms with van der Waals surface area (Å²) in [6.07, 6.45) is 0. The molecule has 1 aliphatic heterocycles. The number of methoxy groups -OCH3 is 1. The molecule has 6 nitrogen and oxygen atoms in total. The SMILES string of the molecule is COc1ccc(C)cc1/C(O)=C1\C(=O)C(=O)N(c2nc3ccc(C(C)C)cc3s2)C1c1cccs1. The molecule has 0 bridgehead atoms. The van der Waals surface area contributed by atoms with Gasteiger partial charge in [0.25, 0.3) is 5.78 Å². The van der Waals surface area contributed by atoms with Crippen LogP contribution in [0, 0.1) is 6.92 Å². The molecule has 1 atom stereocenters. The molecule has 1 saturated heterocycles. The van der Waals surface area contributed by atoms with E-state index in [0.717, 1.165) is 20.7 Å². The Kier molecular flexibility index (Phi) is 5.94. The Bertz CT molecular complexity index is 1480. The molecule has 178 valence electrons. The molecular weight excluding hydrogens is 480 g/mol. The van der Waals surface area contributed by atoms with E-state index < -0.39 is 17.7 Å². The van der Waals surface area contributed by atoms with E-state index in [1.807, 2.05) is 42.6 Å². The van der Waals surface area contributed by atoms with Crippen LogP contribution in [-0.2, 0) is 9.59 Å². The van der Waals surface area contributed by atoms with Gasteiger partial charge in [-0.1, -0.05) is 48.9 Å². The van der Waals surface area contributed by atoms with Crippen molar-refractivity contribution >= 4 is 55.5 Å². The number of benzene rings is 2. The summed E-state index contributed by atoms with van der Waals surface area (Å²) in [5.74, 6) is -0.931. The van der Waals surface area contributed by atoms with Crippen LogP contribution in [0.5, 0.6) is 5.75 Å². The van der Waals surface area contributed by atoms with Crippen molar-refractivity contribution in [2.45, 2.75) is 32.7 Å². The number of aromatic nitrogens is 1. The van der Waals surface area contributed by atoms with Gasteiger partial charge < -0.3 is 9.84 Å². The Hall–Kier alpha value is -3.49. The van der Waals surface area contributed by atoms with Crippen molar-refractivity contribution < 1.29 is 19.4 Å². The quantitative estimate of drug-likeness (QED) is 0.193. The summed E-state index contributed by atoms with van der Waals surface area (Å²) in [5.41, 5.74) is 3.24. The molecular formula is C27H24N2O4S2. The minimum atomic E-state index is -0.787. The minimum Gasteiger partial charge on any atom is -0.507 e. The smallest absolute Gasteiger partial charge is 0.301 e. The zero-order valence-electron chi connectivity index (χ0n) is 19.7. The molecule has 1 fully saturated rings. The lowest BCUT2D eigenvalue weighted by molar-refractivity contribution is -0.132. The summed E-state index contributed by atoms with van der Waals surface area (Å²) in [7, 11) is 1.50. The number of aliphatic hydroxyl groups is 1. The number of anilines is 1. The highest BCUT2D eigenvalue weighted by atomic mass is 32.1. The van der Waals surface area contributed by atoms with Gasteiger partial charge in [-0.05, 0) is 54.1 Å². The van der Waals surface area contributed by atoms with Gasteiger partial charge in [-0.2, -0.15) is 0 Å². The molecule has 0 radical (unpaired) electrons. The lowest BCUT2D eigenvalue weighted by atomic mass is 9.98. The van der Waals surface area contributed by atoms with Crippen LogP contribution >= 0.6 is 22.7 Å². The van der Waals surface area contributed by atoms with Crippen molar-refractivity contribution in [2.75, 3.05) is 12.0 Å². The Morgan fingerprint density at radius 2 is 1.94 bits per heavy atom. The number of nitrogens with zero attached hydrogens (tertiary/aromatic N) is 2. The first kappa shape index (κ1) is 23.3. The summed E-state index contributed by atoms with van der Waals surface area (Å²) in [6.45, 7) is 6.13. The summed E-state index contributed by atoms with van der Waals surface area (Å²) < 4.78 is 6.38. The predicted octanol–water partition coefficient (Wildman–Crippen LogP) is 6.42. The second kappa shape index (κ2) is 8.94. The average molecular weight is 505 g/mol. The zero-order chi connectivity index (χ0) is 24.9. The van der Waals surface area contributed by atoms with E-state index in [0.29, 0.717) is 22.4 Å². The predicted molar refractivity (Wildman–Crippen MR) is 141 cm³/mol. The molecule has 35 heavy (non-hydrogen) atoms. The molecule has 0 saturated carbocycles. The van der Waals surface area contributed by atoms with Crippen LogP contribution in [0.3, 0.4) is 0 Å². The summed E-state index contributed by atoms with van der Waals surface area (Å²) in [6, 6.07) is 14.3. The highest BCUT2D eigenvalue weighted by Gasteiger charge is 2.48. The van der Waals surface area contributed by atoms with E-state index in [1.165, 1.54) is 40.2 Å². The number of carbonyl (C=O) groups excluding carboxylic acids is 2. The first-order valence-corrected chi connectivity index (χ1v) is 12.9. The van der Waals surface area contributed by atoms with Gasteiger partial charge in [-0.25, -0.2) is 4.98 Å². The van der Waals surface area contributed by atoms with Crippen LogP contribution in [0.2, 0.25) is 0 Å². The largest absolute Gasteiger partial charge is 0.507 e. The number of hydrogen-bond donors (Lipinski definition) is 1. The highest BCUT2D eigenvalue weighted by Crippen LogP contribution is 2.46. The lowest BCUT2D eigenvalue weighted by Gasteiger charge is -2.21. The number of carbonyl (C=O) groups is 2. The van der Waals surface area contributed by atoms with E-state index in [2.05, 4.69) is 19.9 Å². The maximum atomic E-state index is 13.4. The summed E-state index contributed by atoms with van der Waals surface area (Å²) in [5, 5.41) is 13.7. The van der Waals surface area contributed by atoms with Gasteiger partial charge >= 0.3 is 5.91 Å². The van der Waals surface area contributed by atoms with Crippen molar-refractivity contribution in [3.05, 3.63) is 81.1 Å². The minimum absolute atomic E-state index is 0.0310. The molecule has 2 aromatic heterocycles. The van der Waals surface area contributed by atoms with Gasteiger partial charge in [0.15, 0.2) is 5.13 Å². The van der Waals surface area contributed by atoms with E-state index in [4.69, 9.17) is 9.72 Å². The Labute approximate surface area is 211 Å². The van der Waals surface area contributed by atoms with Crippen LogP contribution < -0.4 is 9.64 Å². The highest BCUT2D eigenvalue weighted by molar-refractivity contribution is 7.22. The summed E-state index contributed by atoms with van der Waals surface area (Å²) >= 11 is 2.79. The number of hydrogen-bond acceptors (Lipinski definition) is 7. The Balaban J connectivity index is 1.71. The van der Waals surface area contributed by atoms with Gasteiger partial charge in [-0.15, -0.1) is 11.3 Å². The molecule has 8 heteroatoms. The number of Topliss-reactive ketones (excluding diaryl/α,β-unsaturated/α-hetero) is 1. The normalized spacial score (nSPS) is 17.6. The number of thiophene rings is 1. The van der Waals surface area contributed by atoms with E-state index in [-0.39, 0.29) is 11.3 Å². The summed E-state index contributed by atoms with van der Waals surface area (Å²) in [4.78, 5) is 33.7. The third-order valence-electron chi connectivity index (χ3n) is 6.14. The van der Waals surface area contributed by atoms with Crippen molar-refractivity contribution in [2.24, 2.45) is 0 Å². The van der Waals surface area contributed by atoms with E-state index in [1.54, 1.807) is 12.1 Å². The van der Waals surface area contributed by atoms with Crippen LogP contribution in [0.4, 0.5) is 5.13 Å². The van der Waals surface area contributed by atoms with Gasteiger partial charge in [0.1, 0.15) is 17.6 Å². The molecule has 2 aromatic carbocycles. The first-order chi connectivity index (χ1) is 16.8. The molecule has 5 rings (SSSR count). The fourth-order valence-electron chi connectivity index (χ4n) is 4.29. The molecule has 0 spiro atoms. The third kappa shape index (κ3) is 3.92. The van der Waals surface area contributed by atoms with Gasteiger partial charge in [0.2, 0.25) is 0 Å². The van der Waals surface area contributed by atoms with Gasteiger partial charge in [0, 0.05) is 4.88 Å². The molecule has 3 heterocycles. The molecule has 1 N–H and O–H groups in total. The fourth-order valence-corrected chi connectivity index (χ4v) is 6.15. The number of ether oxygens (including phenoxy) is 1. The van der Waals surface area contributed by atoms with Crippen LogP contribution in [0.25, 0.3) is 16.0 Å². The standard InChI is InChI=1S/C27H24N2O4S2/c1-14(2)16-8-9-18-21(13-16)35-27(28-18)29-23(20-6-5-11-34-20)22(25(31)26(29)32)24(30)17-12-15(3)7-10-19(17)33-4/h5-14,23,30H,1-4H3/b24-22+. The number of aryl methyl sites for hydroxylation is 1. The number of ketones is 1. The molecule has 1 amide bonds. The fraction of sp³-hybridized carbons (Fsp3) is 0.222. The first-order valence-electron chi connectivity index (χ1n) is 11.2. The Morgan fingerprint density at radius 1 is 1.14 bits per heavy atom. The molecule has 1 unspecified atom stereocenters. The topological polar surface area (TPSA) is 79.7 Å². The van der Waals surface area contributed by atoms with Crippen molar-refractivity contribution in [3.8, 4) is 5.75 Å². The van der Waals surface area contributed by atoms with Crippen LogP contribution in [-0.4, -0.2) is 28.9 Å². The third-order valence-corrected chi connectivity index (χ3v) is 8.08. The zero-order valence-corrected chi connectivity index (χ0v) is 21.4. The van der Waals surface area contributed by atoms with Gasteiger partial charge in [-0.3, -0.25) is 14.5 Å². The lowest BCUT2D eigenvalue weighted by Crippen LogP contribution is -2.28. The second-order valence-electron chi connectivity index (χ2n) is 8.77. The number of fused-ring (bicyclic) bond motifs is 1.